The summed E-state index contributed by atoms with van der Waals surface area (Å²) in [5, 5.41) is 2.23. The summed E-state index contributed by atoms with van der Waals surface area (Å²) in [6, 6.07) is 8.93. The lowest BCUT2D eigenvalue weighted by molar-refractivity contribution is 0.0951. The Labute approximate surface area is 149 Å². The Hall–Kier alpha value is -2.19. The van der Waals surface area contributed by atoms with Gasteiger partial charge < -0.3 is 5.32 Å². The lowest BCUT2D eigenvalue weighted by Gasteiger charge is -2.23. The second kappa shape index (κ2) is 7.79. The van der Waals surface area contributed by atoms with E-state index in [-0.39, 0.29) is 29.4 Å². The fourth-order valence-electron chi connectivity index (χ4n) is 2.14. The third-order valence-corrected chi connectivity index (χ3v) is 4.79. The zero-order valence-corrected chi connectivity index (χ0v) is 14.7. The molecular formula is C16H15ClF2N2O3S. The number of hydrogen-bond acceptors (Lipinski definition) is 3. The van der Waals surface area contributed by atoms with E-state index in [0.717, 1.165) is 22.7 Å². The van der Waals surface area contributed by atoms with Crippen molar-refractivity contribution < 1.29 is 22.0 Å². The number of nitrogens with one attached hydrogen (secondary N) is 1. The molecule has 0 aliphatic rings. The van der Waals surface area contributed by atoms with Gasteiger partial charge in [0.15, 0.2) is 0 Å². The number of amides is 1. The van der Waals surface area contributed by atoms with Crippen LogP contribution in [0.1, 0.15) is 10.4 Å². The van der Waals surface area contributed by atoms with E-state index in [9.17, 15) is 22.0 Å². The van der Waals surface area contributed by atoms with Gasteiger partial charge in [0.25, 0.3) is 5.91 Å². The van der Waals surface area contributed by atoms with Crippen molar-refractivity contribution in [2.45, 2.75) is 0 Å². The molecular weight excluding hydrogens is 374 g/mol. The molecule has 5 nitrogen and oxygen atoms in total. The topological polar surface area (TPSA) is 66.5 Å². The molecule has 9 heteroatoms. The van der Waals surface area contributed by atoms with Crippen LogP contribution in [0.4, 0.5) is 14.5 Å². The molecule has 0 aliphatic carbocycles. The zero-order valence-electron chi connectivity index (χ0n) is 13.2. The summed E-state index contributed by atoms with van der Waals surface area (Å²) in [6.45, 7) is -0.198. The fraction of sp³-hybridized carbons (Fsp3) is 0.188. The molecule has 2 aromatic carbocycles. The Bertz CT molecular complexity index is 891. The van der Waals surface area contributed by atoms with Crippen LogP contribution in [0.25, 0.3) is 0 Å². The van der Waals surface area contributed by atoms with E-state index >= 15 is 0 Å². The number of anilines is 1. The van der Waals surface area contributed by atoms with Gasteiger partial charge in [0.05, 0.1) is 29.1 Å². The van der Waals surface area contributed by atoms with Gasteiger partial charge in [0.1, 0.15) is 11.6 Å². The third kappa shape index (κ3) is 4.90. The molecule has 0 atom stereocenters. The van der Waals surface area contributed by atoms with Crippen LogP contribution in [-0.4, -0.2) is 33.7 Å². The van der Waals surface area contributed by atoms with Crippen molar-refractivity contribution in [1.82, 2.24) is 5.32 Å². The predicted molar refractivity (Wildman–Crippen MR) is 92.3 cm³/mol. The quantitative estimate of drug-likeness (QED) is 0.827. The maximum Gasteiger partial charge on any atom is 0.254 e. The Morgan fingerprint density at radius 3 is 2.44 bits per heavy atom. The van der Waals surface area contributed by atoms with Crippen LogP contribution in [0, 0.1) is 11.6 Å². The summed E-state index contributed by atoms with van der Waals surface area (Å²) in [7, 11) is -3.69. The van der Waals surface area contributed by atoms with Crippen molar-refractivity contribution in [3.63, 3.8) is 0 Å². The van der Waals surface area contributed by atoms with Gasteiger partial charge in [-0.3, -0.25) is 9.10 Å². The highest BCUT2D eigenvalue weighted by Crippen LogP contribution is 2.24. The number of nitrogens with zero attached hydrogens (tertiary/aromatic N) is 1. The first kappa shape index (κ1) is 19.1. The summed E-state index contributed by atoms with van der Waals surface area (Å²) in [4.78, 5) is 11.9. The molecule has 0 aliphatic heterocycles. The number of hydrogen-bond donors (Lipinski definition) is 1. The SMILES string of the molecule is CS(=O)(=O)N(CCNC(=O)c1ccccc1F)c1ccc(F)c(Cl)c1. The van der Waals surface area contributed by atoms with E-state index in [2.05, 4.69) is 5.32 Å². The second-order valence-corrected chi connectivity index (χ2v) is 7.48. The Kier molecular flexibility index (Phi) is 5.97. The maximum absolute atomic E-state index is 13.5. The molecule has 0 radical (unpaired) electrons. The van der Waals surface area contributed by atoms with Gasteiger partial charge in [-0.15, -0.1) is 0 Å². The largest absolute Gasteiger partial charge is 0.350 e. The molecule has 25 heavy (non-hydrogen) atoms. The summed E-state index contributed by atoms with van der Waals surface area (Å²) in [6.07, 6.45) is 0.975. The van der Waals surface area contributed by atoms with Crippen molar-refractivity contribution >= 4 is 33.2 Å². The van der Waals surface area contributed by atoms with Crippen molar-refractivity contribution in [3.05, 3.63) is 64.7 Å². The minimum atomic E-state index is -3.69. The second-order valence-electron chi connectivity index (χ2n) is 5.17. The zero-order chi connectivity index (χ0) is 18.6. The Morgan fingerprint density at radius 1 is 1.16 bits per heavy atom. The molecule has 0 heterocycles. The van der Waals surface area contributed by atoms with Crippen molar-refractivity contribution in [2.75, 3.05) is 23.7 Å². The minimum Gasteiger partial charge on any atom is -0.350 e. The molecule has 1 amide bonds. The average Bonchev–Trinajstić information content (AvgIpc) is 2.53. The van der Waals surface area contributed by atoms with Crippen LogP contribution < -0.4 is 9.62 Å². The molecule has 0 fully saturated rings. The van der Waals surface area contributed by atoms with Gasteiger partial charge in [0.2, 0.25) is 10.0 Å². The van der Waals surface area contributed by atoms with Gasteiger partial charge in [-0.1, -0.05) is 23.7 Å². The van der Waals surface area contributed by atoms with Crippen LogP contribution in [0.15, 0.2) is 42.5 Å². The van der Waals surface area contributed by atoms with E-state index in [0.29, 0.717) is 0 Å². The molecule has 2 rings (SSSR count). The lowest BCUT2D eigenvalue weighted by Crippen LogP contribution is -2.38. The van der Waals surface area contributed by atoms with Gasteiger partial charge in [-0.25, -0.2) is 17.2 Å². The smallest absolute Gasteiger partial charge is 0.254 e. The summed E-state index contributed by atoms with van der Waals surface area (Å²) in [5.74, 6) is -2.01. The number of rotatable bonds is 6. The summed E-state index contributed by atoms with van der Waals surface area (Å²) < 4.78 is 51.7. The molecule has 1 N–H and O–H groups in total. The standard InChI is InChI=1S/C16H15ClF2N2O3S/c1-25(23,24)21(11-6-7-15(19)13(17)10-11)9-8-20-16(22)12-4-2-3-5-14(12)18/h2-7,10H,8-9H2,1H3,(H,20,22). The van der Waals surface area contributed by atoms with Gasteiger partial charge >= 0.3 is 0 Å². The van der Waals surface area contributed by atoms with E-state index in [4.69, 9.17) is 11.6 Å². The van der Waals surface area contributed by atoms with Gasteiger partial charge in [0, 0.05) is 6.54 Å². The molecule has 0 saturated carbocycles. The van der Waals surface area contributed by atoms with Gasteiger partial charge in [-0.2, -0.15) is 0 Å². The Morgan fingerprint density at radius 2 is 1.84 bits per heavy atom. The summed E-state index contributed by atoms with van der Waals surface area (Å²) in [5.41, 5.74) is 0.0206. The summed E-state index contributed by atoms with van der Waals surface area (Å²) >= 11 is 5.68. The van der Waals surface area contributed by atoms with Gasteiger partial charge in [-0.05, 0) is 30.3 Å². The molecule has 2 aromatic rings. The molecule has 0 unspecified atom stereocenters. The monoisotopic (exact) mass is 388 g/mol. The number of carbonyl (C=O) groups is 1. The van der Waals surface area contributed by atoms with Crippen molar-refractivity contribution in [2.24, 2.45) is 0 Å². The molecule has 0 saturated heterocycles. The first-order valence-corrected chi connectivity index (χ1v) is 9.38. The van der Waals surface area contributed by atoms with Crippen LogP contribution in [0.3, 0.4) is 0 Å². The third-order valence-electron chi connectivity index (χ3n) is 3.31. The highest BCUT2D eigenvalue weighted by atomic mass is 35.5. The number of benzene rings is 2. The number of halogens is 3. The van der Waals surface area contributed by atoms with E-state index in [1.54, 1.807) is 0 Å². The fourth-order valence-corrected chi connectivity index (χ4v) is 3.23. The van der Waals surface area contributed by atoms with Crippen LogP contribution in [-0.2, 0) is 10.0 Å². The number of sulfonamides is 1. The first-order chi connectivity index (χ1) is 11.7. The first-order valence-electron chi connectivity index (χ1n) is 7.15. The van der Waals surface area contributed by atoms with Crippen molar-refractivity contribution in [3.8, 4) is 0 Å². The molecule has 0 aromatic heterocycles. The molecule has 134 valence electrons. The minimum absolute atomic E-state index is 0.0742. The van der Waals surface area contributed by atoms with Crippen LogP contribution in [0.2, 0.25) is 5.02 Å². The normalized spacial score (nSPS) is 11.2. The van der Waals surface area contributed by atoms with Crippen LogP contribution >= 0.6 is 11.6 Å². The van der Waals surface area contributed by atoms with E-state index in [1.807, 2.05) is 0 Å². The van der Waals surface area contributed by atoms with E-state index in [1.165, 1.54) is 30.3 Å². The number of carbonyl (C=O) groups excluding carboxylic acids is 1. The Balaban J connectivity index is 2.10. The van der Waals surface area contributed by atoms with Crippen LogP contribution in [0.5, 0.6) is 0 Å². The molecule has 0 spiro atoms. The van der Waals surface area contributed by atoms with E-state index < -0.39 is 27.6 Å². The van der Waals surface area contributed by atoms with Crippen molar-refractivity contribution in [1.29, 1.82) is 0 Å². The highest BCUT2D eigenvalue weighted by Gasteiger charge is 2.19. The average molecular weight is 389 g/mol. The predicted octanol–water partition coefficient (Wildman–Crippen LogP) is 2.81. The lowest BCUT2D eigenvalue weighted by atomic mass is 10.2. The highest BCUT2D eigenvalue weighted by molar-refractivity contribution is 7.92. The molecule has 0 bridgehead atoms. The maximum atomic E-state index is 13.5.